The Morgan fingerprint density at radius 1 is 1.55 bits per heavy atom. The van der Waals surface area contributed by atoms with Gasteiger partial charge in [-0.3, -0.25) is 4.84 Å². The van der Waals surface area contributed by atoms with Crippen LogP contribution >= 0.6 is 15.9 Å². The zero-order valence-electron chi connectivity index (χ0n) is 5.36. The lowest BCUT2D eigenvalue weighted by atomic mass is 10.3. The van der Waals surface area contributed by atoms with Gasteiger partial charge in [-0.2, -0.15) is 0 Å². The smallest absolute Gasteiger partial charge is 0.276 e. The van der Waals surface area contributed by atoms with Gasteiger partial charge in [0.05, 0.1) is 0 Å². The molecule has 0 aliphatic heterocycles. The SMILES string of the molecule is O=[N+]([O-])Oc1cccc(Br)c1. The average Bonchev–Trinajstić information content (AvgIpc) is 1.85. The summed E-state index contributed by atoms with van der Waals surface area (Å²) in [6.45, 7) is 0. The monoisotopic (exact) mass is 217 g/mol. The van der Waals surface area contributed by atoms with E-state index in [2.05, 4.69) is 20.8 Å². The first-order valence-corrected chi connectivity index (χ1v) is 3.56. The molecule has 0 aliphatic rings. The van der Waals surface area contributed by atoms with Crippen LogP contribution in [0.25, 0.3) is 0 Å². The minimum atomic E-state index is -0.845. The molecule has 1 aromatic carbocycles. The van der Waals surface area contributed by atoms with Crippen LogP contribution in [0.3, 0.4) is 0 Å². The topological polar surface area (TPSA) is 52.4 Å². The summed E-state index contributed by atoms with van der Waals surface area (Å²) in [7, 11) is 0. The Kier molecular flexibility index (Phi) is 2.43. The first-order chi connectivity index (χ1) is 5.18. The normalized spacial score (nSPS) is 9.18. The maximum absolute atomic E-state index is 9.85. The first kappa shape index (κ1) is 8.00. The van der Waals surface area contributed by atoms with E-state index in [1.54, 1.807) is 12.1 Å². The van der Waals surface area contributed by atoms with Gasteiger partial charge in [0, 0.05) is 4.47 Å². The zero-order valence-corrected chi connectivity index (χ0v) is 6.95. The van der Waals surface area contributed by atoms with Crippen molar-refractivity contribution in [2.24, 2.45) is 0 Å². The van der Waals surface area contributed by atoms with Crippen molar-refractivity contribution in [2.45, 2.75) is 0 Å². The fourth-order valence-electron chi connectivity index (χ4n) is 0.610. The fourth-order valence-corrected chi connectivity index (χ4v) is 0.988. The van der Waals surface area contributed by atoms with Gasteiger partial charge in [-0.05, 0) is 18.2 Å². The highest BCUT2D eigenvalue weighted by atomic mass is 79.9. The lowest BCUT2D eigenvalue weighted by molar-refractivity contribution is -0.711. The number of rotatable bonds is 2. The van der Waals surface area contributed by atoms with Crippen LogP contribution in [0.5, 0.6) is 5.75 Å². The Hall–Kier alpha value is -1.10. The van der Waals surface area contributed by atoms with Crippen LogP contribution in [0, 0.1) is 10.1 Å². The molecule has 1 aromatic rings. The molecule has 4 nitrogen and oxygen atoms in total. The second kappa shape index (κ2) is 3.34. The summed E-state index contributed by atoms with van der Waals surface area (Å²) in [5, 5.41) is 9.00. The predicted octanol–water partition coefficient (Wildman–Crippen LogP) is 2.02. The minimum Gasteiger partial charge on any atom is -0.276 e. The molecule has 0 aromatic heterocycles. The Labute approximate surface area is 71.0 Å². The third kappa shape index (κ3) is 2.55. The highest BCUT2D eigenvalue weighted by Gasteiger charge is 1.97. The molecule has 0 heterocycles. The Balaban J connectivity index is 2.79. The van der Waals surface area contributed by atoms with Crippen molar-refractivity contribution in [3.63, 3.8) is 0 Å². The highest BCUT2D eigenvalue weighted by Crippen LogP contribution is 2.17. The van der Waals surface area contributed by atoms with E-state index in [1.807, 2.05) is 0 Å². The third-order valence-corrected chi connectivity index (χ3v) is 1.47. The fraction of sp³-hybridized carbons (Fsp3) is 0. The average molecular weight is 218 g/mol. The summed E-state index contributed by atoms with van der Waals surface area (Å²) < 4.78 is 0.747. The molecular weight excluding hydrogens is 214 g/mol. The maximum atomic E-state index is 9.85. The largest absolute Gasteiger partial charge is 0.299 e. The second-order valence-corrected chi connectivity index (χ2v) is 2.69. The van der Waals surface area contributed by atoms with Gasteiger partial charge in [0.15, 0.2) is 0 Å². The van der Waals surface area contributed by atoms with Crippen molar-refractivity contribution in [1.29, 1.82) is 0 Å². The van der Waals surface area contributed by atoms with Gasteiger partial charge >= 0.3 is 0 Å². The summed E-state index contributed by atoms with van der Waals surface area (Å²) in [6, 6.07) is 6.44. The highest BCUT2D eigenvalue weighted by molar-refractivity contribution is 9.10. The number of benzene rings is 1. The van der Waals surface area contributed by atoms with E-state index in [0.29, 0.717) is 0 Å². The van der Waals surface area contributed by atoms with Crippen LogP contribution in [-0.2, 0) is 0 Å². The van der Waals surface area contributed by atoms with Gasteiger partial charge in [0.25, 0.3) is 5.09 Å². The van der Waals surface area contributed by atoms with Crippen molar-refractivity contribution < 1.29 is 9.92 Å². The van der Waals surface area contributed by atoms with Crippen LogP contribution in [0.15, 0.2) is 28.7 Å². The molecule has 0 radical (unpaired) electrons. The molecule has 0 spiro atoms. The molecule has 0 saturated carbocycles. The molecular formula is C6H4BrNO3. The first-order valence-electron chi connectivity index (χ1n) is 2.76. The summed E-state index contributed by atoms with van der Waals surface area (Å²) in [5.74, 6) is 0.212. The minimum absolute atomic E-state index is 0.212. The molecule has 1 rings (SSSR count). The molecule has 0 aliphatic carbocycles. The van der Waals surface area contributed by atoms with Crippen molar-refractivity contribution in [3.05, 3.63) is 38.9 Å². The van der Waals surface area contributed by atoms with Crippen LogP contribution in [0.1, 0.15) is 0 Å². The summed E-state index contributed by atoms with van der Waals surface area (Å²) in [6.07, 6.45) is 0. The van der Waals surface area contributed by atoms with E-state index in [4.69, 9.17) is 0 Å². The molecule has 0 bridgehead atoms. The standard InChI is InChI=1S/C6H4BrNO3/c7-5-2-1-3-6(4-5)11-8(9)10/h1-4H. The molecule has 0 amide bonds. The molecule has 0 atom stereocenters. The molecule has 11 heavy (non-hydrogen) atoms. The third-order valence-electron chi connectivity index (χ3n) is 0.976. The Morgan fingerprint density at radius 2 is 2.27 bits per heavy atom. The van der Waals surface area contributed by atoms with Gasteiger partial charge in [-0.25, -0.2) is 0 Å². The van der Waals surface area contributed by atoms with Crippen LogP contribution in [0.4, 0.5) is 0 Å². The maximum Gasteiger partial charge on any atom is 0.299 e. The van der Waals surface area contributed by atoms with E-state index in [1.165, 1.54) is 12.1 Å². The van der Waals surface area contributed by atoms with Gasteiger partial charge in [0.1, 0.15) is 5.75 Å². The van der Waals surface area contributed by atoms with Gasteiger partial charge in [-0.1, -0.05) is 22.0 Å². The molecule has 5 heteroatoms. The predicted molar refractivity (Wildman–Crippen MR) is 41.8 cm³/mol. The molecule has 0 saturated heterocycles. The van der Waals surface area contributed by atoms with Gasteiger partial charge in [0.2, 0.25) is 0 Å². The van der Waals surface area contributed by atoms with E-state index >= 15 is 0 Å². The van der Waals surface area contributed by atoms with E-state index in [9.17, 15) is 10.1 Å². The van der Waals surface area contributed by atoms with E-state index < -0.39 is 5.09 Å². The van der Waals surface area contributed by atoms with Crippen molar-refractivity contribution >= 4 is 15.9 Å². The number of hydrogen-bond acceptors (Lipinski definition) is 3. The van der Waals surface area contributed by atoms with Crippen molar-refractivity contribution in [2.75, 3.05) is 0 Å². The van der Waals surface area contributed by atoms with E-state index in [-0.39, 0.29) is 5.75 Å². The van der Waals surface area contributed by atoms with Crippen LogP contribution in [0.2, 0.25) is 0 Å². The number of hydrogen-bond donors (Lipinski definition) is 0. The van der Waals surface area contributed by atoms with E-state index in [0.717, 1.165) is 4.47 Å². The Bertz CT molecular complexity index is 276. The molecule has 58 valence electrons. The summed E-state index contributed by atoms with van der Waals surface area (Å²) >= 11 is 3.15. The summed E-state index contributed by atoms with van der Waals surface area (Å²) in [4.78, 5) is 14.0. The molecule has 0 unspecified atom stereocenters. The van der Waals surface area contributed by atoms with Crippen LogP contribution in [-0.4, -0.2) is 5.09 Å². The number of halogens is 1. The quantitative estimate of drug-likeness (QED) is 0.563. The van der Waals surface area contributed by atoms with Crippen molar-refractivity contribution in [3.8, 4) is 5.75 Å². The number of nitrogens with zero attached hydrogens (tertiary/aromatic N) is 1. The second-order valence-electron chi connectivity index (χ2n) is 1.77. The Morgan fingerprint density at radius 3 is 2.82 bits per heavy atom. The zero-order chi connectivity index (χ0) is 8.27. The molecule has 0 N–H and O–H groups in total. The lowest BCUT2D eigenvalue weighted by Gasteiger charge is -1.96. The summed E-state index contributed by atoms with van der Waals surface area (Å²) in [5.41, 5.74) is 0. The van der Waals surface area contributed by atoms with Crippen molar-refractivity contribution in [1.82, 2.24) is 0 Å². The molecule has 0 fully saturated rings. The lowest BCUT2D eigenvalue weighted by Crippen LogP contribution is -2.02. The van der Waals surface area contributed by atoms with Gasteiger partial charge < -0.3 is 0 Å². The van der Waals surface area contributed by atoms with Crippen LogP contribution < -0.4 is 4.84 Å². The van der Waals surface area contributed by atoms with Gasteiger partial charge in [-0.15, -0.1) is 10.1 Å².